The molecule has 2 aromatic carbocycles. The molecule has 0 spiro atoms. The molecule has 0 bridgehead atoms. The maximum absolute atomic E-state index is 12.6. The van der Waals surface area contributed by atoms with E-state index in [0.29, 0.717) is 42.3 Å². The number of rotatable bonds is 5. The minimum Gasteiger partial charge on any atom is -0.497 e. The van der Waals surface area contributed by atoms with E-state index in [4.69, 9.17) is 10.5 Å². The SMILES string of the molecule is COc1ccc(N)c(NC(=O)c2cccc(CN3CCS(=O)(=O)CC3)c2)c1. The summed E-state index contributed by atoms with van der Waals surface area (Å²) in [7, 11) is -1.35. The number of ether oxygens (including phenoxy) is 1. The summed E-state index contributed by atoms with van der Waals surface area (Å²) in [4.78, 5) is 14.7. The Morgan fingerprint density at radius 3 is 2.63 bits per heavy atom. The first-order valence-corrected chi connectivity index (χ1v) is 10.4. The fourth-order valence-electron chi connectivity index (χ4n) is 2.94. The molecule has 1 fully saturated rings. The van der Waals surface area contributed by atoms with Gasteiger partial charge in [0.25, 0.3) is 5.91 Å². The summed E-state index contributed by atoms with van der Waals surface area (Å²) < 4.78 is 28.2. The van der Waals surface area contributed by atoms with Gasteiger partial charge in [-0.15, -0.1) is 0 Å². The van der Waals surface area contributed by atoms with Gasteiger partial charge in [0.1, 0.15) is 5.75 Å². The Balaban J connectivity index is 1.69. The number of methoxy groups -OCH3 is 1. The summed E-state index contributed by atoms with van der Waals surface area (Å²) in [5.41, 5.74) is 8.34. The third-order valence-electron chi connectivity index (χ3n) is 4.54. The Morgan fingerprint density at radius 1 is 1.19 bits per heavy atom. The van der Waals surface area contributed by atoms with Gasteiger partial charge < -0.3 is 15.8 Å². The van der Waals surface area contributed by atoms with E-state index in [1.54, 1.807) is 31.4 Å². The quantitative estimate of drug-likeness (QED) is 0.756. The molecule has 0 atom stereocenters. The maximum atomic E-state index is 12.6. The number of amides is 1. The maximum Gasteiger partial charge on any atom is 0.255 e. The number of nitrogens with one attached hydrogen (secondary N) is 1. The summed E-state index contributed by atoms with van der Waals surface area (Å²) in [5.74, 6) is 0.705. The van der Waals surface area contributed by atoms with Gasteiger partial charge >= 0.3 is 0 Å². The van der Waals surface area contributed by atoms with Gasteiger partial charge in [0.05, 0.1) is 30.0 Å². The van der Waals surface area contributed by atoms with Crippen LogP contribution in [0.2, 0.25) is 0 Å². The lowest BCUT2D eigenvalue weighted by Crippen LogP contribution is -2.39. The molecule has 3 N–H and O–H groups in total. The van der Waals surface area contributed by atoms with Crippen LogP contribution in [0, 0.1) is 0 Å². The molecule has 1 amide bonds. The second kappa shape index (κ2) is 7.98. The number of anilines is 2. The molecule has 1 saturated heterocycles. The number of hydrogen-bond acceptors (Lipinski definition) is 6. The van der Waals surface area contributed by atoms with Gasteiger partial charge in [0.15, 0.2) is 9.84 Å². The molecule has 27 heavy (non-hydrogen) atoms. The van der Waals surface area contributed by atoms with Crippen LogP contribution < -0.4 is 15.8 Å². The van der Waals surface area contributed by atoms with Crippen molar-refractivity contribution < 1.29 is 17.9 Å². The van der Waals surface area contributed by atoms with Crippen LogP contribution >= 0.6 is 0 Å². The highest BCUT2D eigenvalue weighted by Crippen LogP contribution is 2.25. The molecule has 2 aromatic rings. The zero-order valence-corrected chi connectivity index (χ0v) is 16.0. The zero-order valence-electron chi connectivity index (χ0n) is 15.1. The van der Waals surface area contributed by atoms with Crippen molar-refractivity contribution in [2.75, 3.05) is 42.8 Å². The van der Waals surface area contributed by atoms with Crippen LogP contribution in [-0.4, -0.2) is 50.9 Å². The van der Waals surface area contributed by atoms with E-state index in [1.165, 1.54) is 0 Å². The lowest BCUT2D eigenvalue weighted by atomic mass is 10.1. The lowest BCUT2D eigenvalue weighted by Gasteiger charge is -2.26. The molecule has 1 aliphatic rings. The predicted molar refractivity (Wildman–Crippen MR) is 106 cm³/mol. The Morgan fingerprint density at radius 2 is 1.93 bits per heavy atom. The molecule has 1 aliphatic heterocycles. The number of nitrogen functional groups attached to an aromatic ring is 1. The van der Waals surface area contributed by atoms with E-state index in [-0.39, 0.29) is 17.4 Å². The fourth-order valence-corrected chi connectivity index (χ4v) is 4.22. The molecule has 3 rings (SSSR count). The topological polar surface area (TPSA) is 102 Å². The summed E-state index contributed by atoms with van der Waals surface area (Å²) in [6.45, 7) is 1.64. The van der Waals surface area contributed by atoms with Gasteiger partial charge in [-0.05, 0) is 29.8 Å². The van der Waals surface area contributed by atoms with Crippen molar-refractivity contribution in [3.05, 3.63) is 53.6 Å². The van der Waals surface area contributed by atoms with Crippen LogP contribution in [0.1, 0.15) is 15.9 Å². The Kier molecular flexibility index (Phi) is 5.67. The highest BCUT2D eigenvalue weighted by atomic mass is 32.2. The number of benzene rings is 2. The van der Waals surface area contributed by atoms with E-state index in [1.807, 2.05) is 18.2 Å². The number of sulfone groups is 1. The van der Waals surface area contributed by atoms with Crippen molar-refractivity contribution in [1.29, 1.82) is 0 Å². The van der Waals surface area contributed by atoms with Crippen LogP contribution in [0.5, 0.6) is 5.75 Å². The monoisotopic (exact) mass is 389 g/mol. The van der Waals surface area contributed by atoms with Crippen molar-refractivity contribution in [2.24, 2.45) is 0 Å². The summed E-state index contributed by atoms with van der Waals surface area (Å²) in [6, 6.07) is 12.4. The van der Waals surface area contributed by atoms with Crippen molar-refractivity contribution in [1.82, 2.24) is 4.90 Å². The van der Waals surface area contributed by atoms with Gasteiger partial charge in [-0.1, -0.05) is 12.1 Å². The smallest absolute Gasteiger partial charge is 0.255 e. The van der Waals surface area contributed by atoms with E-state index >= 15 is 0 Å². The molecule has 7 nitrogen and oxygen atoms in total. The second-order valence-electron chi connectivity index (χ2n) is 6.54. The van der Waals surface area contributed by atoms with Crippen LogP contribution in [0.3, 0.4) is 0 Å². The lowest BCUT2D eigenvalue weighted by molar-refractivity contribution is 0.102. The minimum absolute atomic E-state index is 0.183. The highest BCUT2D eigenvalue weighted by Gasteiger charge is 2.21. The Hall–Kier alpha value is -2.58. The molecule has 0 radical (unpaired) electrons. The number of carbonyl (C=O) groups excluding carboxylic acids is 1. The molecule has 1 heterocycles. The molecule has 0 saturated carbocycles. The van der Waals surface area contributed by atoms with Gasteiger partial charge in [0.2, 0.25) is 0 Å². The minimum atomic E-state index is -2.90. The predicted octanol–water partition coefficient (Wildman–Crippen LogP) is 1.76. The molecular weight excluding hydrogens is 366 g/mol. The van der Waals surface area contributed by atoms with Gasteiger partial charge in [-0.2, -0.15) is 0 Å². The number of carbonyl (C=O) groups is 1. The molecule has 0 aliphatic carbocycles. The number of hydrogen-bond donors (Lipinski definition) is 2. The summed E-state index contributed by atoms with van der Waals surface area (Å²) >= 11 is 0. The molecule has 8 heteroatoms. The molecule has 0 unspecified atom stereocenters. The average molecular weight is 389 g/mol. The van der Waals surface area contributed by atoms with E-state index in [9.17, 15) is 13.2 Å². The number of nitrogens with two attached hydrogens (primary N) is 1. The zero-order chi connectivity index (χ0) is 19.4. The van der Waals surface area contributed by atoms with Gasteiger partial charge in [0, 0.05) is 31.3 Å². The molecule has 0 aromatic heterocycles. The largest absolute Gasteiger partial charge is 0.497 e. The molecule has 144 valence electrons. The summed E-state index contributed by atoms with van der Waals surface area (Å²) in [5, 5.41) is 2.81. The highest BCUT2D eigenvalue weighted by molar-refractivity contribution is 7.91. The van der Waals surface area contributed by atoms with Crippen molar-refractivity contribution in [2.45, 2.75) is 6.54 Å². The van der Waals surface area contributed by atoms with Gasteiger partial charge in [-0.25, -0.2) is 8.42 Å². The number of nitrogens with zero attached hydrogens (tertiary/aromatic N) is 1. The van der Waals surface area contributed by atoms with Crippen LogP contribution in [-0.2, 0) is 16.4 Å². The third kappa shape index (κ3) is 4.99. The van der Waals surface area contributed by atoms with Crippen molar-refractivity contribution in [3.8, 4) is 5.75 Å². The third-order valence-corrected chi connectivity index (χ3v) is 6.15. The Bertz CT molecular complexity index is 930. The normalized spacial score (nSPS) is 16.6. The van der Waals surface area contributed by atoms with Gasteiger partial charge in [-0.3, -0.25) is 9.69 Å². The standard InChI is InChI=1S/C19H23N3O4S/c1-26-16-5-6-17(20)18(12-16)21-19(23)15-4-2-3-14(11-15)13-22-7-9-27(24,25)10-8-22/h2-6,11-12H,7-10,13,20H2,1H3,(H,21,23). The first-order valence-electron chi connectivity index (χ1n) is 8.63. The second-order valence-corrected chi connectivity index (χ2v) is 8.84. The molecular formula is C19H23N3O4S. The first kappa shape index (κ1) is 19.2. The van der Waals surface area contributed by atoms with Crippen molar-refractivity contribution in [3.63, 3.8) is 0 Å². The van der Waals surface area contributed by atoms with E-state index in [0.717, 1.165) is 5.56 Å². The van der Waals surface area contributed by atoms with Crippen LogP contribution in [0.4, 0.5) is 11.4 Å². The van der Waals surface area contributed by atoms with Crippen LogP contribution in [0.25, 0.3) is 0 Å². The summed E-state index contributed by atoms with van der Waals surface area (Å²) in [6.07, 6.45) is 0. The van der Waals surface area contributed by atoms with Crippen LogP contribution in [0.15, 0.2) is 42.5 Å². The van der Waals surface area contributed by atoms with E-state index in [2.05, 4.69) is 10.2 Å². The van der Waals surface area contributed by atoms with Crippen molar-refractivity contribution >= 4 is 27.1 Å². The Labute approximate surface area is 159 Å². The first-order chi connectivity index (χ1) is 12.9. The average Bonchev–Trinajstić information content (AvgIpc) is 2.65. The fraction of sp³-hybridized carbons (Fsp3) is 0.316. The van der Waals surface area contributed by atoms with E-state index < -0.39 is 9.84 Å².